The summed E-state index contributed by atoms with van der Waals surface area (Å²) in [6.07, 6.45) is -10.4. The summed E-state index contributed by atoms with van der Waals surface area (Å²) in [5.41, 5.74) is 3.22. The van der Waals surface area contributed by atoms with Crippen LogP contribution in [0.3, 0.4) is 0 Å². The van der Waals surface area contributed by atoms with Crippen LogP contribution in [0.2, 0.25) is 0 Å². The molecule has 0 atom stereocenters. The fraction of sp³-hybridized carbons (Fsp3) is 0.0290. The minimum atomic E-state index is -5.19. The summed E-state index contributed by atoms with van der Waals surface area (Å²) in [5.74, 6) is 2.29. The predicted molar refractivity (Wildman–Crippen MR) is 315 cm³/mol. The third kappa shape index (κ3) is 9.12. The van der Waals surface area contributed by atoms with E-state index in [1.54, 1.807) is 10.6 Å². The Labute approximate surface area is 474 Å². The summed E-state index contributed by atoms with van der Waals surface area (Å²) < 4.78 is 94.0. The van der Waals surface area contributed by atoms with E-state index in [2.05, 4.69) is 6.07 Å². The molecule has 4 aromatic heterocycles. The molecule has 9 nitrogen and oxygen atoms in total. The summed E-state index contributed by atoms with van der Waals surface area (Å²) in [5, 5.41) is 14.4. The van der Waals surface area contributed by atoms with Crippen LogP contribution >= 0.6 is 0 Å². The van der Waals surface area contributed by atoms with Gasteiger partial charge in [0.1, 0.15) is 6.07 Å². The molecule has 0 N–H and O–H groups in total. The highest BCUT2D eigenvalue weighted by Gasteiger charge is 2.38. The van der Waals surface area contributed by atoms with E-state index in [1.165, 1.54) is 12.1 Å². The summed E-state index contributed by atoms with van der Waals surface area (Å²) in [4.78, 5) is 29.6. The van der Waals surface area contributed by atoms with E-state index in [1.807, 2.05) is 205 Å². The molecule has 0 spiro atoms. The number of alkyl halides is 6. The van der Waals surface area contributed by atoms with Gasteiger partial charge in [0.2, 0.25) is 0 Å². The zero-order valence-electron chi connectivity index (χ0n) is 43.8. The summed E-state index contributed by atoms with van der Waals surface area (Å²) >= 11 is 0. The molecule has 14 rings (SSSR count). The van der Waals surface area contributed by atoms with Crippen molar-refractivity contribution < 1.29 is 26.3 Å². The van der Waals surface area contributed by atoms with Crippen LogP contribution in [0.5, 0.6) is 0 Å². The Bertz CT molecular complexity index is 4790. The van der Waals surface area contributed by atoms with Crippen LogP contribution in [0.15, 0.2) is 237 Å². The van der Waals surface area contributed by atoms with E-state index in [-0.39, 0.29) is 28.6 Å². The molecule has 0 saturated heterocycles. The number of halogens is 6. The van der Waals surface area contributed by atoms with Gasteiger partial charge in [0.15, 0.2) is 34.9 Å². The Kier molecular flexibility index (Phi) is 12.3. The quantitative estimate of drug-likeness (QED) is 0.132. The van der Waals surface area contributed by atoms with E-state index >= 15 is 26.3 Å². The minimum absolute atomic E-state index is 0.0360. The normalized spacial score (nSPS) is 11.9. The number of nitrogens with zero attached hydrogens (tertiary/aromatic N) is 9. The molecule has 15 heteroatoms. The maximum atomic E-state index is 15.1. The standard InChI is InChI=1S/C69H39F6N9/c70-68(71,72)49-33-47(34-50(38-49)69(73,74)75)55-39-58(83-56-27-15-13-25-51(56)53-31-29-45(35-59(53)83)66-79-62(41-17-5-1-6-18-41)77-63(80-66)42-19-7-2-8-20-42)48(40-76)37-61(55)84-57-28-16-14-26-52(57)54-32-30-46(36-60(54)84)67-81-64(43-21-9-3-10-22-43)78-65(82-67)44-23-11-4-12-24-44/h1-39H. The van der Waals surface area contributed by atoms with Gasteiger partial charge in [-0.2, -0.15) is 31.6 Å². The van der Waals surface area contributed by atoms with Crippen LogP contribution in [0.25, 0.3) is 134 Å². The van der Waals surface area contributed by atoms with E-state index < -0.39 is 29.0 Å². The Balaban J connectivity index is 1.05. The molecule has 0 radical (unpaired) electrons. The zero-order valence-corrected chi connectivity index (χ0v) is 43.8. The number of fused-ring (bicyclic) bond motifs is 6. The summed E-state index contributed by atoms with van der Waals surface area (Å²) in [7, 11) is 0. The van der Waals surface area contributed by atoms with Crippen LogP contribution < -0.4 is 0 Å². The smallest absolute Gasteiger partial charge is 0.309 e. The third-order valence-electron chi connectivity index (χ3n) is 14.9. The topological polar surface area (TPSA) is 111 Å². The molecular formula is C69H39F6N9. The number of benzene rings is 10. The molecule has 0 bridgehead atoms. The van der Waals surface area contributed by atoms with Gasteiger partial charge in [0, 0.05) is 60.5 Å². The van der Waals surface area contributed by atoms with Crippen molar-refractivity contribution in [1.82, 2.24) is 39.0 Å². The lowest BCUT2D eigenvalue weighted by molar-refractivity contribution is -0.143. The molecule has 0 unspecified atom stereocenters. The highest BCUT2D eigenvalue weighted by molar-refractivity contribution is 6.12. The number of hydrogen-bond acceptors (Lipinski definition) is 7. The minimum Gasteiger partial charge on any atom is -0.309 e. The first-order valence-corrected chi connectivity index (χ1v) is 26.5. The maximum absolute atomic E-state index is 15.1. The van der Waals surface area contributed by atoms with Gasteiger partial charge >= 0.3 is 12.4 Å². The highest BCUT2D eigenvalue weighted by atomic mass is 19.4. The average molecular weight is 1110 g/mol. The number of para-hydroxylation sites is 2. The van der Waals surface area contributed by atoms with Gasteiger partial charge in [-0.05, 0) is 60.2 Å². The average Bonchev–Trinajstić information content (AvgIpc) is 1.96. The van der Waals surface area contributed by atoms with Crippen molar-refractivity contribution in [1.29, 1.82) is 5.26 Å². The zero-order chi connectivity index (χ0) is 57.3. The van der Waals surface area contributed by atoms with E-state index in [9.17, 15) is 5.26 Å². The van der Waals surface area contributed by atoms with Crippen LogP contribution in [-0.2, 0) is 12.4 Å². The van der Waals surface area contributed by atoms with E-state index in [0.717, 1.165) is 50.5 Å². The maximum Gasteiger partial charge on any atom is 0.416 e. The van der Waals surface area contributed by atoms with E-state index in [0.29, 0.717) is 73.5 Å². The van der Waals surface area contributed by atoms with Crippen LogP contribution in [0.1, 0.15) is 16.7 Å². The van der Waals surface area contributed by atoms with Crippen LogP contribution in [-0.4, -0.2) is 39.0 Å². The first-order valence-electron chi connectivity index (χ1n) is 26.5. The van der Waals surface area contributed by atoms with Gasteiger partial charge in [-0.3, -0.25) is 0 Å². The Hall–Kier alpha value is -11.1. The highest BCUT2D eigenvalue weighted by Crippen LogP contribution is 2.45. The Morgan fingerprint density at radius 3 is 1.00 bits per heavy atom. The Morgan fingerprint density at radius 2 is 0.631 bits per heavy atom. The van der Waals surface area contributed by atoms with Crippen molar-refractivity contribution in [2.75, 3.05) is 0 Å². The van der Waals surface area contributed by atoms with Crippen molar-refractivity contribution in [3.8, 4) is 96.9 Å². The van der Waals surface area contributed by atoms with Crippen molar-refractivity contribution in [3.63, 3.8) is 0 Å². The van der Waals surface area contributed by atoms with Gasteiger partial charge < -0.3 is 9.13 Å². The molecular weight excluding hydrogens is 1070 g/mol. The second-order valence-corrected chi connectivity index (χ2v) is 20.0. The fourth-order valence-electron chi connectivity index (χ4n) is 11.0. The second kappa shape index (κ2) is 20.2. The molecule has 0 aliphatic heterocycles. The van der Waals surface area contributed by atoms with Crippen molar-refractivity contribution in [3.05, 3.63) is 253 Å². The number of rotatable bonds is 9. The molecule has 0 fully saturated rings. The number of hydrogen-bond donors (Lipinski definition) is 0. The molecule has 0 amide bonds. The van der Waals surface area contributed by atoms with Gasteiger partial charge in [-0.1, -0.05) is 182 Å². The number of aromatic nitrogens is 8. The first-order chi connectivity index (χ1) is 40.8. The van der Waals surface area contributed by atoms with Crippen LogP contribution in [0, 0.1) is 11.3 Å². The molecule has 84 heavy (non-hydrogen) atoms. The fourth-order valence-corrected chi connectivity index (χ4v) is 11.0. The summed E-state index contributed by atoms with van der Waals surface area (Å²) in [6, 6.07) is 70.9. The van der Waals surface area contributed by atoms with Crippen molar-refractivity contribution in [2.45, 2.75) is 12.4 Å². The van der Waals surface area contributed by atoms with Crippen molar-refractivity contribution in [2.24, 2.45) is 0 Å². The molecule has 0 aliphatic rings. The summed E-state index contributed by atoms with van der Waals surface area (Å²) in [6.45, 7) is 0. The lowest BCUT2D eigenvalue weighted by Gasteiger charge is -2.21. The van der Waals surface area contributed by atoms with E-state index in [4.69, 9.17) is 29.9 Å². The van der Waals surface area contributed by atoms with Gasteiger partial charge in [0.25, 0.3) is 0 Å². The lowest BCUT2D eigenvalue weighted by Crippen LogP contribution is -2.11. The predicted octanol–water partition coefficient (Wildman–Crippen LogP) is 17.8. The molecule has 10 aromatic carbocycles. The largest absolute Gasteiger partial charge is 0.416 e. The molecule has 0 aliphatic carbocycles. The second-order valence-electron chi connectivity index (χ2n) is 20.0. The molecule has 0 saturated carbocycles. The monoisotopic (exact) mass is 1110 g/mol. The van der Waals surface area contributed by atoms with Crippen molar-refractivity contribution >= 4 is 43.6 Å². The van der Waals surface area contributed by atoms with Gasteiger partial charge in [0.05, 0.1) is 50.1 Å². The molecule has 402 valence electrons. The molecule has 4 heterocycles. The van der Waals surface area contributed by atoms with Gasteiger partial charge in [-0.15, -0.1) is 0 Å². The van der Waals surface area contributed by atoms with Gasteiger partial charge in [-0.25, -0.2) is 29.9 Å². The third-order valence-corrected chi connectivity index (χ3v) is 14.9. The Morgan fingerprint density at radius 1 is 0.298 bits per heavy atom. The molecule has 14 aromatic rings. The number of nitriles is 1. The van der Waals surface area contributed by atoms with Crippen LogP contribution in [0.4, 0.5) is 26.3 Å². The lowest BCUT2D eigenvalue weighted by atomic mass is 9.95. The first kappa shape index (κ1) is 51.1. The SMILES string of the molecule is N#Cc1cc(-n2c3ccccc3c3ccc(-c4nc(-c5ccccc5)nc(-c5ccccc5)n4)cc32)c(-c2cc(C(F)(F)F)cc(C(F)(F)F)c2)cc1-n1c2ccccc2c2ccc(-c3nc(-c4ccccc4)nc(-c4ccccc4)n3)cc21.